The molecule has 140 valence electrons. The van der Waals surface area contributed by atoms with Crippen LogP contribution in [0.25, 0.3) is 0 Å². The van der Waals surface area contributed by atoms with Gasteiger partial charge < -0.3 is 14.7 Å². The van der Waals surface area contributed by atoms with Crippen LogP contribution in [0.2, 0.25) is 5.02 Å². The van der Waals surface area contributed by atoms with Gasteiger partial charge in [0.25, 0.3) is 0 Å². The molecule has 2 aromatic carbocycles. The minimum absolute atomic E-state index is 0.0599. The van der Waals surface area contributed by atoms with Crippen LogP contribution in [0.1, 0.15) is 17.2 Å². The van der Waals surface area contributed by atoms with Gasteiger partial charge in [0.1, 0.15) is 10.6 Å². The van der Waals surface area contributed by atoms with Crippen molar-refractivity contribution in [3.63, 3.8) is 0 Å². The lowest BCUT2D eigenvalue weighted by atomic mass is 10.0. The minimum atomic E-state index is -3.88. The normalized spacial score (nSPS) is 15.0. The lowest BCUT2D eigenvalue weighted by Crippen LogP contribution is -2.29. The summed E-state index contributed by atoms with van der Waals surface area (Å²) in [5.41, 5.74) is 2.98. The van der Waals surface area contributed by atoms with Crippen LogP contribution in [-0.4, -0.2) is 40.8 Å². The zero-order valence-corrected chi connectivity index (χ0v) is 16.1. The fourth-order valence-corrected chi connectivity index (χ4v) is 4.51. The van der Waals surface area contributed by atoms with E-state index in [1.807, 2.05) is 25.2 Å². The summed E-state index contributed by atoms with van der Waals surface area (Å²) in [5, 5.41) is 10.7. The van der Waals surface area contributed by atoms with Gasteiger partial charge in [0, 0.05) is 30.8 Å². The molecule has 0 radical (unpaired) electrons. The number of halogens is 1. The van der Waals surface area contributed by atoms with Gasteiger partial charge >= 0.3 is 0 Å². The molecule has 26 heavy (non-hydrogen) atoms. The van der Waals surface area contributed by atoms with Crippen LogP contribution in [0.5, 0.6) is 5.75 Å². The van der Waals surface area contributed by atoms with Crippen molar-refractivity contribution in [2.24, 2.45) is 0 Å². The Kier molecular flexibility index (Phi) is 5.43. The number of methoxy groups -OCH3 is 1. The Bertz CT molecular complexity index is 917. The first kappa shape index (κ1) is 19.0. The van der Waals surface area contributed by atoms with E-state index < -0.39 is 16.1 Å². The zero-order chi connectivity index (χ0) is 18.9. The Morgan fingerprint density at radius 1 is 1.31 bits per heavy atom. The molecule has 2 aromatic rings. The number of hydrogen-bond acceptors (Lipinski definition) is 5. The van der Waals surface area contributed by atoms with E-state index in [0.717, 1.165) is 24.2 Å². The van der Waals surface area contributed by atoms with Crippen LogP contribution < -0.4 is 14.4 Å². The summed E-state index contributed by atoms with van der Waals surface area (Å²) >= 11 is 5.90. The van der Waals surface area contributed by atoms with Gasteiger partial charge in [-0.3, -0.25) is 0 Å². The fourth-order valence-electron chi connectivity index (χ4n) is 3.04. The summed E-state index contributed by atoms with van der Waals surface area (Å²) in [5.74, 6) is 0.192. The number of fused-ring (bicyclic) bond motifs is 1. The number of likely N-dealkylation sites (N-methyl/N-ethyl adjacent to an activating group) is 1. The Morgan fingerprint density at radius 3 is 2.81 bits per heavy atom. The number of anilines is 1. The summed E-state index contributed by atoms with van der Waals surface area (Å²) in [4.78, 5) is 2.09. The average molecular weight is 397 g/mol. The van der Waals surface area contributed by atoms with Gasteiger partial charge in [0.2, 0.25) is 10.0 Å². The minimum Gasteiger partial charge on any atom is -0.495 e. The quantitative estimate of drug-likeness (QED) is 0.783. The molecule has 0 amide bonds. The number of rotatable bonds is 6. The predicted molar refractivity (Wildman–Crippen MR) is 102 cm³/mol. The molecule has 0 fully saturated rings. The second kappa shape index (κ2) is 7.44. The zero-order valence-electron chi connectivity index (χ0n) is 14.6. The molecular weight excluding hydrogens is 376 g/mol. The van der Waals surface area contributed by atoms with E-state index in [9.17, 15) is 13.5 Å². The van der Waals surface area contributed by atoms with E-state index in [1.165, 1.54) is 19.2 Å². The third-order valence-electron chi connectivity index (χ3n) is 4.50. The van der Waals surface area contributed by atoms with Crippen molar-refractivity contribution in [3.8, 4) is 5.75 Å². The Labute approximate surface area is 158 Å². The van der Waals surface area contributed by atoms with Crippen molar-refractivity contribution in [3.05, 3.63) is 52.5 Å². The van der Waals surface area contributed by atoms with Gasteiger partial charge in [-0.2, -0.15) is 0 Å². The molecule has 8 heteroatoms. The smallest absolute Gasteiger partial charge is 0.244 e. The highest BCUT2D eigenvalue weighted by molar-refractivity contribution is 7.89. The predicted octanol–water partition coefficient (Wildman–Crippen LogP) is 2.35. The molecule has 1 aliphatic heterocycles. The van der Waals surface area contributed by atoms with Crippen molar-refractivity contribution in [1.29, 1.82) is 0 Å². The van der Waals surface area contributed by atoms with Gasteiger partial charge in [-0.25, -0.2) is 13.1 Å². The van der Waals surface area contributed by atoms with E-state index in [-0.39, 0.29) is 22.2 Å². The van der Waals surface area contributed by atoms with Crippen LogP contribution in [-0.2, 0) is 16.4 Å². The van der Waals surface area contributed by atoms with E-state index >= 15 is 0 Å². The first-order chi connectivity index (χ1) is 12.3. The average Bonchev–Trinajstić information content (AvgIpc) is 3.00. The molecule has 2 N–H and O–H groups in total. The van der Waals surface area contributed by atoms with Crippen molar-refractivity contribution in [1.82, 2.24) is 4.72 Å². The number of sulfonamides is 1. The summed E-state index contributed by atoms with van der Waals surface area (Å²) in [6, 6.07) is 10.1. The number of aliphatic hydroxyl groups is 1. The molecule has 1 atom stereocenters. The molecule has 1 aliphatic rings. The number of hydrogen-bond donors (Lipinski definition) is 2. The first-order valence-electron chi connectivity index (χ1n) is 8.17. The second-order valence-corrected chi connectivity index (χ2v) is 8.39. The molecule has 6 nitrogen and oxygen atoms in total. The standard InChI is InChI=1S/C18H21ClN2O4S/c1-21-8-7-12-9-13(3-5-15(12)21)16(22)11-20-26(23,24)18-10-14(19)4-6-17(18)25-2/h3-6,9-10,16,20,22H,7-8,11H2,1-2H3/t16-/m1/s1. The number of nitrogens with zero attached hydrogens (tertiary/aromatic N) is 1. The Balaban J connectivity index is 1.75. The monoisotopic (exact) mass is 396 g/mol. The number of benzene rings is 2. The molecule has 0 saturated carbocycles. The van der Waals surface area contributed by atoms with Gasteiger partial charge in [0.15, 0.2) is 0 Å². The van der Waals surface area contributed by atoms with Crippen LogP contribution in [0.3, 0.4) is 0 Å². The maximum Gasteiger partial charge on any atom is 0.244 e. The van der Waals surface area contributed by atoms with Crippen molar-refractivity contribution < 1.29 is 18.3 Å². The van der Waals surface area contributed by atoms with Crippen LogP contribution in [0, 0.1) is 0 Å². The molecule has 0 bridgehead atoms. The molecule has 0 spiro atoms. The number of nitrogens with one attached hydrogen (secondary N) is 1. The van der Waals surface area contributed by atoms with Gasteiger partial charge in [-0.1, -0.05) is 23.7 Å². The van der Waals surface area contributed by atoms with Crippen molar-refractivity contribution in [2.45, 2.75) is 17.4 Å². The SMILES string of the molecule is COc1ccc(Cl)cc1S(=O)(=O)NC[C@@H](O)c1ccc2c(c1)CCN2C. The molecule has 3 rings (SSSR count). The summed E-state index contributed by atoms with van der Waals surface area (Å²) < 4.78 is 32.6. The maximum atomic E-state index is 12.6. The number of aliphatic hydroxyl groups excluding tert-OH is 1. The highest BCUT2D eigenvalue weighted by Gasteiger charge is 2.22. The van der Waals surface area contributed by atoms with Crippen molar-refractivity contribution in [2.75, 3.05) is 32.1 Å². The molecule has 1 heterocycles. The molecule has 0 aromatic heterocycles. The maximum absolute atomic E-state index is 12.6. The Hall–Kier alpha value is -1.80. The van der Waals surface area contributed by atoms with E-state index in [1.54, 1.807) is 6.07 Å². The largest absolute Gasteiger partial charge is 0.495 e. The van der Waals surface area contributed by atoms with Gasteiger partial charge in [0.05, 0.1) is 13.2 Å². The second-order valence-electron chi connectivity index (χ2n) is 6.22. The summed E-state index contributed by atoms with van der Waals surface area (Å²) in [7, 11) is -0.467. The molecule has 0 aliphatic carbocycles. The highest BCUT2D eigenvalue weighted by Crippen LogP contribution is 2.30. The molecular formula is C18H21ClN2O4S. The third-order valence-corrected chi connectivity index (χ3v) is 6.18. The van der Waals surface area contributed by atoms with Crippen molar-refractivity contribution >= 4 is 27.3 Å². The summed E-state index contributed by atoms with van der Waals surface area (Å²) in [6.07, 6.45) is -0.0381. The first-order valence-corrected chi connectivity index (χ1v) is 10.0. The molecule has 0 saturated heterocycles. The fraction of sp³-hybridized carbons (Fsp3) is 0.333. The van der Waals surface area contributed by atoms with E-state index in [4.69, 9.17) is 16.3 Å². The van der Waals surface area contributed by atoms with E-state index in [0.29, 0.717) is 5.56 Å². The lowest BCUT2D eigenvalue weighted by Gasteiger charge is -2.16. The third kappa shape index (κ3) is 3.81. The molecule has 0 unspecified atom stereocenters. The van der Waals surface area contributed by atoms with Crippen LogP contribution in [0.15, 0.2) is 41.3 Å². The Morgan fingerprint density at radius 2 is 2.08 bits per heavy atom. The van der Waals surface area contributed by atoms with Crippen LogP contribution >= 0.6 is 11.6 Å². The van der Waals surface area contributed by atoms with Crippen LogP contribution in [0.4, 0.5) is 5.69 Å². The number of ether oxygens (including phenoxy) is 1. The van der Waals surface area contributed by atoms with Gasteiger partial charge in [-0.15, -0.1) is 0 Å². The lowest BCUT2D eigenvalue weighted by molar-refractivity contribution is 0.182. The summed E-state index contributed by atoms with van der Waals surface area (Å²) in [6.45, 7) is 0.794. The van der Waals surface area contributed by atoms with Gasteiger partial charge in [-0.05, 0) is 41.8 Å². The van der Waals surface area contributed by atoms with E-state index in [2.05, 4.69) is 9.62 Å². The topological polar surface area (TPSA) is 78.9 Å². The highest BCUT2D eigenvalue weighted by atomic mass is 35.5.